The Bertz CT molecular complexity index is 908. The third-order valence-corrected chi connectivity index (χ3v) is 6.29. The van der Waals surface area contributed by atoms with Crippen molar-refractivity contribution in [1.82, 2.24) is 20.7 Å². The van der Waals surface area contributed by atoms with Crippen LogP contribution in [0.3, 0.4) is 0 Å². The number of amides is 1. The van der Waals surface area contributed by atoms with Crippen molar-refractivity contribution < 1.29 is 18.0 Å². The van der Waals surface area contributed by atoms with Gasteiger partial charge in [0.15, 0.2) is 0 Å². The monoisotopic (exact) mass is 432 g/mol. The summed E-state index contributed by atoms with van der Waals surface area (Å²) in [6, 6.07) is 11.2. The van der Waals surface area contributed by atoms with Crippen molar-refractivity contribution in [1.29, 1.82) is 0 Å². The van der Waals surface area contributed by atoms with Crippen LogP contribution in [0.1, 0.15) is 48.2 Å². The number of aromatic nitrogens is 1. The van der Waals surface area contributed by atoms with Crippen LogP contribution in [0.15, 0.2) is 42.5 Å². The molecule has 2 atom stereocenters. The Hall–Kier alpha value is -2.45. The third kappa shape index (κ3) is 5.07. The van der Waals surface area contributed by atoms with Crippen molar-refractivity contribution in [2.24, 2.45) is 5.92 Å². The number of nitrogens with one attached hydrogen (secondary N) is 2. The lowest BCUT2D eigenvalue weighted by molar-refractivity contribution is -0.138. The molecule has 0 bridgehead atoms. The number of hydrogen-bond acceptors (Lipinski definition) is 4. The molecule has 2 aliphatic heterocycles. The van der Waals surface area contributed by atoms with Crippen LogP contribution >= 0.6 is 0 Å². The highest BCUT2D eigenvalue weighted by Crippen LogP contribution is 2.30. The maximum absolute atomic E-state index is 12.8. The minimum atomic E-state index is -4.32. The molecule has 31 heavy (non-hydrogen) atoms. The van der Waals surface area contributed by atoms with Crippen LogP contribution in [0.2, 0.25) is 0 Å². The molecule has 1 aromatic heterocycles. The predicted molar refractivity (Wildman–Crippen MR) is 111 cm³/mol. The Balaban J connectivity index is 1.36. The fourth-order valence-electron chi connectivity index (χ4n) is 4.38. The van der Waals surface area contributed by atoms with E-state index in [-0.39, 0.29) is 23.8 Å². The van der Waals surface area contributed by atoms with Gasteiger partial charge in [-0.05, 0) is 49.6 Å². The van der Waals surface area contributed by atoms with E-state index in [1.165, 1.54) is 12.1 Å². The number of carbonyl (C=O) groups excluding carboxylic acids is 1. The lowest BCUT2D eigenvalue weighted by atomic mass is 9.91. The highest BCUT2D eigenvalue weighted by molar-refractivity contribution is 5.80. The lowest BCUT2D eigenvalue weighted by Gasteiger charge is -2.34. The van der Waals surface area contributed by atoms with Crippen LogP contribution in [-0.2, 0) is 17.4 Å². The molecule has 2 fully saturated rings. The third-order valence-electron chi connectivity index (χ3n) is 6.29. The molecule has 2 aromatic rings. The number of hydrazine groups is 1. The van der Waals surface area contributed by atoms with Crippen molar-refractivity contribution >= 4 is 5.91 Å². The molecule has 1 aromatic carbocycles. The van der Waals surface area contributed by atoms with Gasteiger partial charge in [0.1, 0.15) is 0 Å². The van der Waals surface area contributed by atoms with Crippen molar-refractivity contribution in [3.8, 4) is 0 Å². The van der Waals surface area contributed by atoms with E-state index in [4.69, 9.17) is 4.98 Å². The molecule has 4 rings (SSSR count). The second-order valence-corrected chi connectivity index (χ2v) is 8.45. The van der Waals surface area contributed by atoms with E-state index < -0.39 is 11.7 Å². The Labute approximate surface area is 180 Å². The molecule has 0 radical (unpaired) electrons. The summed E-state index contributed by atoms with van der Waals surface area (Å²) in [7, 11) is 0. The molecule has 2 N–H and O–H groups in total. The zero-order valence-corrected chi connectivity index (χ0v) is 17.5. The summed E-state index contributed by atoms with van der Waals surface area (Å²) in [5.41, 5.74) is 8.14. The quantitative estimate of drug-likeness (QED) is 0.777. The highest BCUT2D eigenvalue weighted by Gasteiger charge is 2.34. The van der Waals surface area contributed by atoms with Crippen LogP contribution in [0, 0.1) is 5.92 Å². The molecule has 0 saturated carbocycles. The van der Waals surface area contributed by atoms with Crippen LogP contribution in [0.25, 0.3) is 0 Å². The normalized spacial score (nSPS) is 22.6. The van der Waals surface area contributed by atoms with Gasteiger partial charge in [0.2, 0.25) is 5.91 Å². The van der Waals surface area contributed by atoms with Crippen LogP contribution in [0.5, 0.6) is 0 Å². The van der Waals surface area contributed by atoms with Gasteiger partial charge in [-0.2, -0.15) is 13.2 Å². The van der Waals surface area contributed by atoms with Crippen molar-refractivity contribution in [3.05, 3.63) is 65.0 Å². The number of halogens is 3. The van der Waals surface area contributed by atoms with Gasteiger partial charge in [0.05, 0.1) is 11.5 Å². The number of alkyl halides is 3. The number of nitrogens with zero attached hydrogens (tertiary/aromatic N) is 2. The molecule has 3 heterocycles. The summed E-state index contributed by atoms with van der Waals surface area (Å²) in [6.07, 6.45) is -2.10. The molecule has 1 amide bonds. The van der Waals surface area contributed by atoms with E-state index in [0.717, 1.165) is 55.0 Å². The van der Waals surface area contributed by atoms with Crippen LogP contribution < -0.4 is 10.9 Å². The molecule has 5 nitrogen and oxygen atoms in total. The van der Waals surface area contributed by atoms with Gasteiger partial charge in [-0.1, -0.05) is 18.2 Å². The average Bonchev–Trinajstić information content (AvgIpc) is 3.19. The van der Waals surface area contributed by atoms with Gasteiger partial charge in [-0.3, -0.25) is 20.6 Å². The van der Waals surface area contributed by atoms with Gasteiger partial charge in [0.25, 0.3) is 0 Å². The smallest absolute Gasteiger partial charge is 0.342 e. The topological polar surface area (TPSA) is 57.3 Å². The van der Waals surface area contributed by atoms with Crippen LogP contribution in [-0.4, -0.2) is 41.5 Å². The number of piperidine rings is 1. The number of likely N-dealkylation sites (tertiary alicyclic amines) is 1. The predicted octanol–water partition coefficient (Wildman–Crippen LogP) is 3.51. The largest absolute Gasteiger partial charge is 0.416 e. The fourth-order valence-corrected chi connectivity index (χ4v) is 4.38. The molecular formula is C23H27F3N4O. The minimum Gasteiger partial charge on any atom is -0.342 e. The second kappa shape index (κ2) is 8.96. The first kappa shape index (κ1) is 21.8. The van der Waals surface area contributed by atoms with E-state index >= 15 is 0 Å². The van der Waals surface area contributed by atoms with Crippen molar-refractivity contribution in [2.45, 2.75) is 44.3 Å². The summed E-state index contributed by atoms with van der Waals surface area (Å²) in [5, 5.41) is 0. The molecule has 2 aliphatic rings. The molecule has 166 valence electrons. The molecule has 0 aliphatic carbocycles. The fraction of sp³-hybridized carbons (Fsp3) is 0.478. The van der Waals surface area contributed by atoms with E-state index in [1.807, 2.05) is 30.0 Å². The Morgan fingerprint density at radius 2 is 1.84 bits per heavy atom. The molecule has 2 unspecified atom stereocenters. The zero-order valence-electron chi connectivity index (χ0n) is 17.5. The maximum atomic E-state index is 12.8. The first-order valence-corrected chi connectivity index (χ1v) is 10.7. The number of carbonyl (C=O) groups is 1. The van der Waals surface area contributed by atoms with E-state index in [0.29, 0.717) is 13.0 Å². The Kier molecular flexibility index (Phi) is 6.29. The number of hydrogen-bond donors (Lipinski definition) is 2. The lowest BCUT2D eigenvalue weighted by Crippen LogP contribution is -2.44. The summed E-state index contributed by atoms with van der Waals surface area (Å²) in [5.74, 6) is 0.461. The number of benzene rings is 1. The molecule has 0 spiro atoms. The maximum Gasteiger partial charge on any atom is 0.416 e. The van der Waals surface area contributed by atoms with Crippen molar-refractivity contribution in [3.63, 3.8) is 0 Å². The van der Waals surface area contributed by atoms with Gasteiger partial charge < -0.3 is 4.90 Å². The number of rotatable bonds is 4. The van der Waals surface area contributed by atoms with E-state index in [9.17, 15) is 18.0 Å². The summed E-state index contributed by atoms with van der Waals surface area (Å²) < 4.78 is 38.2. The second-order valence-electron chi connectivity index (χ2n) is 8.45. The molecule has 8 heteroatoms. The average molecular weight is 432 g/mol. The van der Waals surface area contributed by atoms with Gasteiger partial charge in [-0.25, -0.2) is 0 Å². The van der Waals surface area contributed by atoms with Gasteiger partial charge in [-0.15, -0.1) is 0 Å². The SMILES string of the molecule is CC1NNCC1C(=O)N1CCC(c2cccc(Cc3ccc(C(F)(F)F)cc3)n2)CC1. The standard InChI is InChI=1S/C23H27F3N4O/c1-15-20(14-27-29-15)22(31)30-11-9-17(10-12-30)21-4-2-3-19(28-21)13-16-5-7-18(8-6-16)23(24,25)26/h2-8,15,17,20,27,29H,9-14H2,1H3. The minimum absolute atomic E-state index is 0.0262. The Morgan fingerprint density at radius 1 is 1.13 bits per heavy atom. The van der Waals surface area contributed by atoms with Crippen LogP contribution in [0.4, 0.5) is 13.2 Å². The Morgan fingerprint density at radius 3 is 2.45 bits per heavy atom. The molecule has 2 saturated heterocycles. The van der Waals surface area contributed by atoms with Gasteiger partial charge >= 0.3 is 6.18 Å². The molecular weight excluding hydrogens is 405 g/mol. The number of pyridine rings is 1. The first-order chi connectivity index (χ1) is 14.8. The zero-order chi connectivity index (χ0) is 22.0. The van der Waals surface area contributed by atoms with E-state index in [1.54, 1.807) is 0 Å². The summed E-state index contributed by atoms with van der Waals surface area (Å²) >= 11 is 0. The summed E-state index contributed by atoms with van der Waals surface area (Å²) in [6.45, 7) is 4.12. The first-order valence-electron chi connectivity index (χ1n) is 10.7. The summed E-state index contributed by atoms with van der Waals surface area (Å²) in [4.78, 5) is 19.5. The highest BCUT2D eigenvalue weighted by atomic mass is 19.4. The van der Waals surface area contributed by atoms with Crippen molar-refractivity contribution in [2.75, 3.05) is 19.6 Å². The van der Waals surface area contributed by atoms with Gasteiger partial charge in [0, 0.05) is 49.4 Å². The van der Waals surface area contributed by atoms with E-state index in [2.05, 4.69) is 10.9 Å².